The number of rotatable bonds is 18. The summed E-state index contributed by atoms with van der Waals surface area (Å²) in [4.78, 5) is 21.7. The zero-order chi connectivity index (χ0) is 18.8. The molecule has 0 aliphatic carbocycles. The molecule has 0 aliphatic heterocycles. The first-order valence-electron chi connectivity index (χ1n) is 10.2. The quantitative estimate of drug-likeness (QED) is 0.222. The van der Waals surface area contributed by atoms with Crippen LogP contribution in [-0.4, -0.2) is 22.2 Å². The van der Waals surface area contributed by atoms with Crippen molar-refractivity contribution < 1.29 is 19.8 Å². The van der Waals surface area contributed by atoms with Crippen LogP contribution in [0.1, 0.15) is 110 Å². The highest BCUT2D eigenvalue weighted by Gasteiger charge is 2.06. The molecule has 0 fully saturated rings. The molecule has 146 valence electrons. The van der Waals surface area contributed by atoms with Gasteiger partial charge in [-0.2, -0.15) is 0 Å². The molecule has 0 bridgehead atoms. The maximum atomic E-state index is 11.3. The summed E-state index contributed by atoms with van der Waals surface area (Å²) in [5.74, 6) is -1.53. The molecule has 0 radical (unpaired) electrons. The molecule has 0 saturated carbocycles. The lowest BCUT2D eigenvalue weighted by Gasteiger charge is -2.04. The number of unbranched alkanes of at least 4 members (excludes halogenated alkanes) is 12. The summed E-state index contributed by atoms with van der Waals surface area (Å²) in [6.45, 7) is 2.23. The Morgan fingerprint density at radius 3 is 1.68 bits per heavy atom. The Hall–Kier alpha value is -1.32. The Morgan fingerprint density at radius 2 is 1.16 bits per heavy atom. The van der Waals surface area contributed by atoms with Crippen molar-refractivity contribution in [3.8, 4) is 0 Å². The van der Waals surface area contributed by atoms with E-state index in [9.17, 15) is 14.7 Å². The van der Waals surface area contributed by atoms with E-state index >= 15 is 0 Å². The standard InChI is InChI=1S/C21H38O4/c1-2-3-4-5-6-7-8-10-13-16-19(21(24)25)17-14-11-9-12-15-18-20(22)23/h16H,2-15,17-18H2,1H3,(H,22,23)(H,24,25). The molecule has 0 atom stereocenters. The molecular weight excluding hydrogens is 316 g/mol. The predicted octanol–water partition coefficient (Wildman–Crippen LogP) is 6.34. The minimum Gasteiger partial charge on any atom is -0.481 e. The molecule has 0 aliphatic rings. The number of hydrogen-bond donors (Lipinski definition) is 2. The van der Waals surface area contributed by atoms with Gasteiger partial charge in [0.2, 0.25) is 0 Å². The van der Waals surface area contributed by atoms with Crippen LogP contribution in [0.5, 0.6) is 0 Å². The molecule has 0 aromatic carbocycles. The summed E-state index contributed by atoms with van der Waals surface area (Å²) in [6.07, 6.45) is 18.2. The normalized spacial score (nSPS) is 11.6. The average molecular weight is 355 g/mol. The molecule has 4 nitrogen and oxygen atoms in total. The van der Waals surface area contributed by atoms with Gasteiger partial charge >= 0.3 is 11.9 Å². The van der Waals surface area contributed by atoms with E-state index in [1.54, 1.807) is 0 Å². The van der Waals surface area contributed by atoms with Crippen molar-refractivity contribution in [3.05, 3.63) is 11.6 Å². The van der Waals surface area contributed by atoms with Crippen LogP contribution in [0.3, 0.4) is 0 Å². The van der Waals surface area contributed by atoms with Gasteiger partial charge in [-0.15, -0.1) is 0 Å². The minimum absolute atomic E-state index is 0.235. The summed E-state index contributed by atoms with van der Waals surface area (Å²) in [5, 5.41) is 17.8. The number of aliphatic carboxylic acids is 2. The lowest BCUT2D eigenvalue weighted by atomic mass is 10.0. The molecule has 0 aromatic rings. The largest absolute Gasteiger partial charge is 0.481 e. The van der Waals surface area contributed by atoms with Crippen molar-refractivity contribution in [2.24, 2.45) is 0 Å². The van der Waals surface area contributed by atoms with Crippen molar-refractivity contribution in [3.63, 3.8) is 0 Å². The highest BCUT2D eigenvalue weighted by Crippen LogP contribution is 2.15. The van der Waals surface area contributed by atoms with E-state index in [1.165, 1.54) is 44.9 Å². The highest BCUT2D eigenvalue weighted by molar-refractivity contribution is 5.86. The van der Waals surface area contributed by atoms with Crippen molar-refractivity contribution in [1.82, 2.24) is 0 Å². The van der Waals surface area contributed by atoms with Gasteiger partial charge in [0.05, 0.1) is 0 Å². The molecule has 25 heavy (non-hydrogen) atoms. The molecule has 0 saturated heterocycles. The third kappa shape index (κ3) is 17.3. The highest BCUT2D eigenvalue weighted by atomic mass is 16.4. The van der Waals surface area contributed by atoms with E-state index in [0.717, 1.165) is 44.9 Å². The first-order valence-corrected chi connectivity index (χ1v) is 10.2. The number of allylic oxidation sites excluding steroid dienone is 1. The van der Waals surface area contributed by atoms with Crippen LogP contribution >= 0.6 is 0 Å². The second-order valence-electron chi connectivity index (χ2n) is 6.96. The third-order valence-electron chi connectivity index (χ3n) is 4.56. The van der Waals surface area contributed by atoms with Gasteiger partial charge in [-0.25, -0.2) is 4.79 Å². The van der Waals surface area contributed by atoms with Crippen LogP contribution < -0.4 is 0 Å². The molecule has 0 heterocycles. The van der Waals surface area contributed by atoms with E-state index in [2.05, 4.69) is 6.92 Å². The molecule has 0 amide bonds. The smallest absolute Gasteiger partial charge is 0.331 e. The van der Waals surface area contributed by atoms with Gasteiger partial charge in [-0.3, -0.25) is 4.79 Å². The van der Waals surface area contributed by atoms with Crippen LogP contribution in [0.25, 0.3) is 0 Å². The monoisotopic (exact) mass is 354 g/mol. The zero-order valence-corrected chi connectivity index (χ0v) is 16.1. The fourth-order valence-corrected chi connectivity index (χ4v) is 2.97. The number of carboxylic acids is 2. The lowest BCUT2D eigenvalue weighted by Crippen LogP contribution is -2.01. The van der Waals surface area contributed by atoms with Crippen LogP contribution in [-0.2, 0) is 9.59 Å². The maximum Gasteiger partial charge on any atom is 0.331 e. The van der Waals surface area contributed by atoms with Gasteiger partial charge < -0.3 is 10.2 Å². The fraction of sp³-hybridized carbons (Fsp3) is 0.810. The summed E-state index contributed by atoms with van der Waals surface area (Å²) >= 11 is 0. The molecular formula is C21H38O4. The summed E-state index contributed by atoms with van der Waals surface area (Å²) in [7, 11) is 0. The van der Waals surface area contributed by atoms with Gasteiger partial charge in [0, 0.05) is 12.0 Å². The summed E-state index contributed by atoms with van der Waals surface area (Å²) in [6, 6.07) is 0. The molecule has 4 heteroatoms. The van der Waals surface area contributed by atoms with E-state index < -0.39 is 11.9 Å². The SMILES string of the molecule is CCCCCCCCCCC=C(CCCCCCCC(=O)O)C(=O)O. The zero-order valence-electron chi connectivity index (χ0n) is 16.1. The van der Waals surface area contributed by atoms with Gasteiger partial charge in [0.25, 0.3) is 0 Å². The van der Waals surface area contributed by atoms with E-state index in [0.29, 0.717) is 12.0 Å². The van der Waals surface area contributed by atoms with Gasteiger partial charge in [-0.05, 0) is 32.1 Å². The second-order valence-corrected chi connectivity index (χ2v) is 6.96. The van der Waals surface area contributed by atoms with Gasteiger partial charge in [-0.1, -0.05) is 77.2 Å². The third-order valence-corrected chi connectivity index (χ3v) is 4.56. The molecule has 2 N–H and O–H groups in total. The summed E-state index contributed by atoms with van der Waals surface area (Å²) < 4.78 is 0. The van der Waals surface area contributed by atoms with Crippen LogP contribution in [0, 0.1) is 0 Å². The van der Waals surface area contributed by atoms with Crippen molar-refractivity contribution >= 4 is 11.9 Å². The van der Waals surface area contributed by atoms with Crippen LogP contribution in [0.2, 0.25) is 0 Å². The Kier molecular flexibility index (Phi) is 16.6. The Morgan fingerprint density at radius 1 is 0.680 bits per heavy atom. The Labute approximate surface area is 153 Å². The first-order chi connectivity index (χ1) is 12.1. The lowest BCUT2D eigenvalue weighted by molar-refractivity contribution is -0.137. The van der Waals surface area contributed by atoms with Crippen LogP contribution in [0.15, 0.2) is 11.6 Å². The molecule has 0 rings (SSSR count). The maximum absolute atomic E-state index is 11.3. The molecule has 0 unspecified atom stereocenters. The topological polar surface area (TPSA) is 74.6 Å². The Bertz CT molecular complexity index is 374. The number of carbonyl (C=O) groups is 2. The number of hydrogen-bond acceptors (Lipinski definition) is 2. The summed E-state index contributed by atoms with van der Waals surface area (Å²) in [5.41, 5.74) is 0.550. The van der Waals surface area contributed by atoms with Gasteiger partial charge in [0.15, 0.2) is 0 Å². The first kappa shape index (κ1) is 23.7. The fourth-order valence-electron chi connectivity index (χ4n) is 2.97. The number of carboxylic acid groups (broad SMARTS) is 2. The van der Waals surface area contributed by atoms with Crippen molar-refractivity contribution in [2.75, 3.05) is 0 Å². The average Bonchev–Trinajstić information content (AvgIpc) is 2.57. The minimum atomic E-state index is -0.787. The van der Waals surface area contributed by atoms with Crippen LogP contribution in [0.4, 0.5) is 0 Å². The van der Waals surface area contributed by atoms with Crippen molar-refractivity contribution in [2.45, 2.75) is 110 Å². The molecule has 0 aromatic heterocycles. The van der Waals surface area contributed by atoms with E-state index in [1.807, 2.05) is 6.08 Å². The molecule has 0 spiro atoms. The predicted molar refractivity (Wildman–Crippen MR) is 103 cm³/mol. The van der Waals surface area contributed by atoms with Crippen molar-refractivity contribution in [1.29, 1.82) is 0 Å². The van der Waals surface area contributed by atoms with Gasteiger partial charge in [0.1, 0.15) is 0 Å². The van der Waals surface area contributed by atoms with E-state index in [-0.39, 0.29) is 6.42 Å². The second kappa shape index (κ2) is 17.5. The van der Waals surface area contributed by atoms with E-state index in [4.69, 9.17) is 5.11 Å². The Balaban J connectivity index is 3.66.